The monoisotopic (exact) mass is 311 g/mol. The molecule has 0 bridgehead atoms. The molecule has 1 rings (SSSR count). The third-order valence-corrected chi connectivity index (χ3v) is 2.71. The van der Waals surface area contributed by atoms with Crippen molar-refractivity contribution in [2.75, 3.05) is 27.9 Å². The number of nitro groups is 1. The Morgan fingerprint density at radius 2 is 1.82 bits per heavy atom. The Hall–Kier alpha value is -2.77. The zero-order chi connectivity index (χ0) is 16.7. The van der Waals surface area contributed by atoms with E-state index in [9.17, 15) is 14.9 Å². The van der Waals surface area contributed by atoms with Gasteiger partial charge in [0, 0.05) is 11.6 Å². The quantitative estimate of drug-likeness (QED) is 0.328. The molecule has 0 spiro atoms. The highest BCUT2D eigenvalue weighted by atomic mass is 16.6. The van der Waals surface area contributed by atoms with E-state index < -0.39 is 16.6 Å². The van der Waals surface area contributed by atoms with Crippen molar-refractivity contribution in [2.24, 2.45) is 0 Å². The first-order chi connectivity index (χ1) is 10.5. The van der Waals surface area contributed by atoms with Crippen LogP contribution in [0.3, 0.4) is 0 Å². The highest BCUT2D eigenvalue weighted by Gasteiger charge is 2.25. The van der Waals surface area contributed by atoms with E-state index >= 15 is 0 Å². The maximum atomic E-state index is 11.6. The van der Waals surface area contributed by atoms with Crippen LogP contribution in [0.15, 0.2) is 17.8 Å². The van der Waals surface area contributed by atoms with E-state index in [0.29, 0.717) is 11.3 Å². The second-order valence-corrected chi connectivity index (χ2v) is 3.93. The first-order valence-electron chi connectivity index (χ1n) is 6.32. The van der Waals surface area contributed by atoms with Gasteiger partial charge in [-0.05, 0) is 19.1 Å². The van der Waals surface area contributed by atoms with Gasteiger partial charge in [0.15, 0.2) is 11.5 Å². The second kappa shape index (κ2) is 7.87. The van der Waals surface area contributed by atoms with Crippen LogP contribution in [0.25, 0.3) is 6.08 Å². The fraction of sp³-hybridized carbons (Fsp3) is 0.357. The minimum absolute atomic E-state index is 0.0348. The summed E-state index contributed by atoms with van der Waals surface area (Å²) in [5.41, 5.74) is -0.410. The van der Waals surface area contributed by atoms with E-state index in [-0.39, 0.29) is 18.1 Å². The highest BCUT2D eigenvalue weighted by molar-refractivity contribution is 5.91. The molecule has 0 aliphatic heterocycles. The Balaban J connectivity index is 3.44. The van der Waals surface area contributed by atoms with Crippen LogP contribution in [-0.2, 0) is 9.53 Å². The fourth-order valence-corrected chi connectivity index (χ4v) is 1.78. The summed E-state index contributed by atoms with van der Waals surface area (Å²) in [6.07, 6.45) is 1.07. The van der Waals surface area contributed by atoms with Crippen molar-refractivity contribution in [2.45, 2.75) is 6.92 Å². The minimum atomic E-state index is -1.02. The second-order valence-electron chi connectivity index (χ2n) is 3.93. The normalized spacial score (nSPS) is 10.8. The molecule has 1 aromatic carbocycles. The van der Waals surface area contributed by atoms with Gasteiger partial charge in [0.1, 0.15) is 0 Å². The van der Waals surface area contributed by atoms with Crippen molar-refractivity contribution < 1.29 is 28.7 Å². The SMILES string of the molecule is CCOC(=O)/C(=C\c1ccc(OC)c(OC)c1OC)[N+](=O)[O-]. The number of hydrogen-bond donors (Lipinski definition) is 0. The number of hydrogen-bond acceptors (Lipinski definition) is 7. The average Bonchev–Trinajstić information content (AvgIpc) is 2.51. The smallest absolute Gasteiger partial charge is 0.409 e. The summed E-state index contributed by atoms with van der Waals surface area (Å²) >= 11 is 0. The summed E-state index contributed by atoms with van der Waals surface area (Å²) < 4.78 is 20.2. The molecule has 0 radical (unpaired) electrons. The first-order valence-corrected chi connectivity index (χ1v) is 6.32. The molecule has 0 amide bonds. The summed E-state index contributed by atoms with van der Waals surface area (Å²) in [5.74, 6) is -0.143. The molecule has 8 nitrogen and oxygen atoms in total. The van der Waals surface area contributed by atoms with Gasteiger partial charge in [0.05, 0.1) is 32.9 Å². The molecule has 0 unspecified atom stereocenters. The van der Waals surface area contributed by atoms with Crippen molar-refractivity contribution in [3.8, 4) is 17.2 Å². The van der Waals surface area contributed by atoms with Gasteiger partial charge in [-0.25, -0.2) is 4.79 Å². The van der Waals surface area contributed by atoms with Crippen molar-refractivity contribution in [3.63, 3.8) is 0 Å². The Bertz CT molecular complexity index is 595. The lowest BCUT2D eigenvalue weighted by molar-refractivity contribution is -0.419. The summed E-state index contributed by atoms with van der Waals surface area (Å²) in [6, 6.07) is 3.07. The molecular weight excluding hydrogens is 294 g/mol. The van der Waals surface area contributed by atoms with Gasteiger partial charge in [0.2, 0.25) is 5.75 Å². The van der Waals surface area contributed by atoms with Crippen LogP contribution >= 0.6 is 0 Å². The van der Waals surface area contributed by atoms with Crippen molar-refractivity contribution >= 4 is 12.0 Å². The first kappa shape index (κ1) is 17.3. The topological polar surface area (TPSA) is 97.1 Å². The molecule has 120 valence electrons. The molecule has 0 atom stereocenters. The molecule has 0 fully saturated rings. The van der Waals surface area contributed by atoms with E-state index in [1.54, 1.807) is 13.0 Å². The van der Waals surface area contributed by atoms with E-state index in [0.717, 1.165) is 6.08 Å². The zero-order valence-electron chi connectivity index (χ0n) is 12.7. The zero-order valence-corrected chi connectivity index (χ0v) is 12.7. The van der Waals surface area contributed by atoms with Crippen LogP contribution in [0.2, 0.25) is 0 Å². The van der Waals surface area contributed by atoms with Crippen molar-refractivity contribution in [1.82, 2.24) is 0 Å². The molecule has 0 aliphatic rings. The average molecular weight is 311 g/mol. The van der Waals surface area contributed by atoms with Crippen LogP contribution in [0.1, 0.15) is 12.5 Å². The maximum absolute atomic E-state index is 11.6. The Labute approximate surface area is 127 Å². The molecule has 22 heavy (non-hydrogen) atoms. The number of methoxy groups -OCH3 is 3. The third-order valence-electron chi connectivity index (χ3n) is 2.71. The predicted molar refractivity (Wildman–Crippen MR) is 77.7 cm³/mol. The highest BCUT2D eigenvalue weighted by Crippen LogP contribution is 2.40. The largest absolute Gasteiger partial charge is 0.493 e. The lowest BCUT2D eigenvalue weighted by Gasteiger charge is -2.13. The number of carbonyl (C=O) groups excluding carboxylic acids is 1. The van der Waals surface area contributed by atoms with Gasteiger partial charge in [-0.3, -0.25) is 10.1 Å². The van der Waals surface area contributed by atoms with Crippen LogP contribution < -0.4 is 14.2 Å². The molecule has 0 saturated carbocycles. The molecule has 0 saturated heterocycles. The predicted octanol–water partition coefficient (Wildman–Crippen LogP) is 1.89. The summed E-state index contributed by atoms with van der Waals surface area (Å²) in [5, 5.41) is 11.0. The van der Waals surface area contributed by atoms with Gasteiger partial charge in [-0.2, -0.15) is 0 Å². The van der Waals surface area contributed by atoms with Gasteiger partial charge in [-0.1, -0.05) is 0 Å². The summed E-state index contributed by atoms with van der Waals surface area (Å²) in [7, 11) is 4.24. The number of rotatable bonds is 7. The Morgan fingerprint density at radius 3 is 2.27 bits per heavy atom. The van der Waals surface area contributed by atoms with Crippen LogP contribution in [0, 0.1) is 10.1 Å². The summed E-state index contributed by atoms with van der Waals surface area (Å²) in [4.78, 5) is 21.9. The lowest BCUT2D eigenvalue weighted by atomic mass is 10.1. The minimum Gasteiger partial charge on any atom is -0.493 e. The van der Waals surface area contributed by atoms with Crippen LogP contribution in [0.4, 0.5) is 0 Å². The molecule has 1 aromatic rings. The van der Waals surface area contributed by atoms with Gasteiger partial charge in [0.25, 0.3) is 0 Å². The van der Waals surface area contributed by atoms with Gasteiger partial charge < -0.3 is 18.9 Å². The number of esters is 1. The summed E-state index contributed by atoms with van der Waals surface area (Å²) in [6.45, 7) is 1.60. The number of nitrogens with zero attached hydrogens (tertiary/aromatic N) is 1. The molecule has 0 heterocycles. The van der Waals surface area contributed by atoms with Gasteiger partial charge in [-0.15, -0.1) is 0 Å². The standard InChI is InChI=1S/C14H17NO7/c1-5-22-14(16)10(15(17)18)8-9-6-7-11(19-2)13(21-4)12(9)20-3/h6-8H,5H2,1-4H3/b10-8+. The van der Waals surface area contributed by atoms with Gasteiger partial charge >= 0.3 is 11.7 Å². The molecule has 8 heteroatoms. The van der Waals surface area contributed by atoms with E-state index in [4.69, 9.17) is 14.2 Å². The van der Waals surface area contributed by atoms with Crippen molar-refractivity contribution in [3.05, 3.63) is 33.5 Å². The Kier molecular flexibility index (Phi) is 6.18. The number of benzene rings is 1. The molecular formula is C14H17NO7. The van der Waals surface area contributed by atoms with Crippen molar-refractivity contribution in [1.29, 1.82) is 0 Å². The Morgan fingerprint density at radius 1 is 1.18 bits per heavy atom. The third kappa shape index (κ3) is 3.66. The maximum Gasteiger partial charge on any atom is 0.409 e. The molecule has 0 aromatic heterocycles. The number of ether oxygens (including phenoxy) is 4. The number of carbonyl (C=O) groups is 1. The van der Waals surface area contributed by atoms with E-state index in [2.05, 4.69) is 4.74 Å². The lowest BCUT2D eigenvalue weighted by Crippen LogP contribution is -2.14. The molecule has 0 N–H and O–H groups in total. The van der Waals surface area contributed by atoms with Crippen LogP contribution in [-0.4, -0.2) is 38.8 Å². The van der Waals surface area contributed by atoms with E-state index in [1.165, 1.54) is 27.4 Å². The molecule has 0 aliphatic carbocycles. The van der Waals surface area contributed by atoms with Crippen LogP contribution in [0.5, 0.6) is 17.2 Å². The fourth-order valence-electron chi connectivity index (χ4n) is 1.78. The van der Waals surface area contributed by atoms with E-state index in [1.807, 2.05) is 0 Å².